The minimum Gasteiger partial charge on any atom is -0.374 e. The van der Waals surface area contributed by atoms with E-state index in [9.17, 15) is 4.79 Å². The summed E-state index contributed by atoms with van der Waals surface area (Å²) in [5.41, 5.74) is 0.695. The van der Waals surface area contributed by atoms with E-state index in [0.29, 0.717) is 12.1 Å². The zero-order valence-corrected chi connectivity index (χ0v) is 11.7. The zero-order valence-electron chi connectivity index (χ0n) is 10.9. The summed E-state index contributed by atoms with van der Waals surface area (Å²) in [6.45, 7) is 6.39. The Morgan fingerprint density at radius 1 is 1.35 bits per heavy atom. The van der Waals surface area contributed by atoms with Crippen LogP contribution in [0.4, 0.5) is 0 Å². The Morgan fingerprint density at radius 3 is 2.59 bits per heavy atom. The topological polar surface area (TPSA) is 39.2 Å². The summed E-state index contributed by atoms with van der Waals surface area (Å²) >= 11 is 1.64. The maximum Gasteiger partial charge on any atom is 0.182 e. The predicted molar refractivity (Wildman–Crippen MR) is 68.6 cm³/mol. The fourth-order valence-electron chi connectivity index (χ4n) is 2.22. The number of rotatable bonds is 2. The first-order valence-electron chi connectivity index (χ1n) is 5.99. The largest absolute Gasteiger partial charge is 0.374 e. The molecule has 1 aliphatic carbocycles. The Kier molecular flexibility index (Phi) is 3.36. The number of ketones is 1. The van der Waals surface area contributed by atoms with Crippen LogP contribution in [0.5, 0.6) is 0 Å². The molecule has 0 aliphatic heterocycles. The van der Waals surface area contributed by atoms with Gasteiger partial charge in [0.2, 0.25) is 0 Å². The van der Waals surface area contributed by atoms with Crippen LogP contribution in [0.1, 0.15) is 60.1 Å². The van der Waals surface area contributed by atoms with Crippen LogP contribution in [0.25, 0.3) is 0 Å². The van der Waals surface area contributed by atoms with Crippen molar-refractivity contribution in [2.24, 2.45) is 5.41 Å². The Labute approximate surface area is 106 Å². The average molecular weight is 253 g/mol. The number of carbonyl (C=O) groups is 1. The monoisotopic (exact) mass is 253 g/mol. The van der Waals surface area contributed by atoms with E-state index in [1.165, 1.54) is 0 Å². The molecule has 2 rings (SSSR count). The summed E-state index contributed by atoms with van der Waals surface area (Å²) < 4.78 is 5.55. The van der Waals surface area contributed by atoms with Crippen LogP contribution in [0.15, 0.2) is 0 Å². The third-order valence-electron chi connectivity index (χ3n) is 3.03. The molecule has 1 aromatic rings. The van der Waals surface area contributed by atoms with Gasteiger partial charge in [0.25, 0.3) is 0 Å². The number of fused-ring (bicyclic) bond motifs is 1. The van der Waals surface area contributed by atoms with Crippen molar-refractivity contribution in [1.29, 1.82) is 0 Å². The molecular weight excluding hydrogens is 234 g/mol. The summed E-state index contributed by atoms with van der Waals surface area (Å²) in [5.74, 6) is 0.192. The maximum atomic E-state index is 11.8. The summed E-state index contributed by atoms with van der Waals surface area (Å²) in [4.78, 5) is 17.4. The number of ether oxygens (including phenoxy) is 1. The maximum absolute atomic E-state index is 11.8. The molecule has 1 aliphatic rings. The Balaban J connectivity index is 2.37. The van der Waals surface area contributed by atoms with E-state index in [2.05, 4.69) is 25.8 Å². The van der Waals surface area contributed by atoms with E-state index in [1.807, 2.05) is 0 Å². The fraction of sp³-hybridized carbons (Fsp3) is 0.692. The molecular formula is C13H19NO2S. The highest BCUT2D eigenvalue weighted by Gasteiger charge is 2.32. The van der Waals surface area contributed by atoms with Crippen molar-refractivity contribution in [1.82, 2.24) is 4.98 Å². The number of aryl methyl sites for hydroxylation is 1. The van der Waals surface area contributed by atoms with Crippen molar-refractivity contribution in [3.8, 4) is 0 Å². The number of carbonyl (C=O) groups excluding carboxylic acids is 1. The Morgan fingerprint density at radius 2 is 2.06 bits per heavy atom. The highest BCUT2D eigenvalue weighted by Crippen LogP contribution is 2.39. The molecule has 0 saturated heterocycles. The first-order valence-corrected chi connectivity index (χ1v) is 6.80. The SMILES string of the molecule is COC(c1nc2c(s1)CCCC2=O)C(C)(C)C. The van der Waals surface area contributed by atoms with E-state index in [4.69, 9.17) is 4.74 Å². The summed E-state index contributed by atoms with van der Waals surface area (Å²) in [6, 6.07) is 0. The smallest absolute Gasteiger partial charge is 0.182 e. The normalized spacial score (nSPS) is 18.0. The van der Waals surface area contributed by atoms with Crippen LogP contribution in [0.3, 0.4) is 0 Å². The number of hydrogen-bond acceptors (Lipinski definition) is 4. The predicted octanol–water partition coefficient (Wildman–Crippen LogP) is 3.40. The lowest BCUT2D eigenvalue weighted by Crippen LogP contribution is -2.20. The Hall–Kier alpha value is -0.740. The van der Waals surface area contributed by atoms with Gasteiger partial charge in [-0.05, 0) is 18.3 Å². The molecule has 4 heteroatoms. The second-order valence-electron chi connectivity index (χ2n) is 5.58. The molecule has 1 atom stereocenters. The van der Waals surface area contributed by atoms with Gasteiger partial charge in [0.05, 0.1) is 0 Å². The highest BCUT2D eigenvalue weighted by molar-refractivity contribution is 7.12. The van der Waals surface area contributed by atoms with E-state index < -0.39 is 0 Å². The number of hydrogen-bond donors (Lipinski definition) is 0. The highest BCUT2D eigenvalue weighted by atomic mass is 32.1. The first-order chi connectivity index (χ1) is 7.93. The summed E-state index contributed by atoms with van der Waals surface area (Å²) in [6.07, 6.45) is 2.55. The van der Waals surface area contributed by atoms with Gasteiger partial charge in [0.1, 0.15) is 16.8 Å². The van der Waals surface area contributed by atoms with Crippen LogP contribution >= 0.6 is 11.3 Å². The first kappa shape index (κ1) is 12.7. The minimum absolute atomic E-state index is 0.00174. The van der Waals surface area contributed by atoms with Crippen LogP contribution in [0, 0.1) is 5.41 Å². The summed E-state index contributed by atoms with van der Waals surface area (Å²) in [5, 5.41) is 0.945. The Bertz CT molecular complexity index is 431. The fourth-order valence-corrected chi connectivity index (χ4v) is 3.67. The van der Waals surface area contributed by atoms with Crippen LogP contribution in [0.2, 0.25) is 0 Å². The van der Waals surface area contributed by atoms with Crippen molar-refractivity contribution in [3.05, 3.63) is 15.6 Å². The van der Waals surface area contributed by atoms with E-state index in [1.54, 1.807) is 18.4 Å². The lowest BCUT2D eigenvalue weighted by atomic mass is 9.89. The van der Waals surface area contributed by atoms with Crippen molar-refractivity contribution in [2.45, 2.75) is 46.1 Å². The molecule has 3 nitrogen and oxygen atoms in total. The molecule has 0 amide bonds. The lowest BCUT2D eigenvalue weighted by Gasteiger charge is -2.27. The molecule has 17 heavy (non-hydrogen) atoms. The van der Waals surface area contributed by atoms with Crippen molar-refractivity contribution in [3.63, 3.8) is 0 Å². The van der Waals surface area contributed by atoms with Gasteiger partial charge in [-0.3, -0.25) is 4.79 Å². The standard InChI is InChI=1S/C13H19NO2S/c1-13(2,3)11(16-4)12-14-10-8(15)6-5-7-9(10)17-12/h11H,5-7H2,1-4H3. The van der Waals surface area contributed by atoms with Gasteiger partial charge in [0, 0.05) is 18.4 Å². The molecule has 0 saturated carbocycles. The average Bonchev–Trinajstić information content (AvgIpc) is 2.61. The van der Waals surface area contributed by atoms with Crippen LogP contribution in [-0.4, -0.2) is 17.9 Å². The number of aromatic nitrogens is 1. The van der Waals surface area contributed by atoms with Gasteiger partial charge in [-0.2, -0.15) is 0 Å². The molecule has 0 spiro atoms. The van der Waals surface area contributed by atoms with Crippen LogP contribution in [-0.2, 0) is 11.2 Å². The molecule has 94 valence electrons. The summed E-state index contributed by atoms with van der Waals surface area (Å²) in [7, 11) is 1.71. The van der Waals surface area contributed by atoms with Crippen molar-refractivity contribution in [2.75, 3.05) is 7.11 Å². The van der Waals surface area contributed by atoms with Gasteiger partial charge in [-0.15, -0.1) is 11.3 Å². The molecule has 0 fully saturated rings. The number of thiazole rings is 1. The van der Waals surface area contributed by atoms with Gasteiger partial charge < -0.3 is 4.74 Å². The lowest BCUT2D eigenvalue weighted by molar-refractivity contribution is 0.0150. The van der Waals surface area contributed by atoms with E-state index in [-0.39, 0.29) is 17.3 Å². The van der Waals surface area contributed by atoms with Gasteiger partial charge >= 0.3 is 0 Å². The molecule has 1 heterocycles. The minimum atomic E-state index is -0.0362. The molecule has 0 aromatic carbocycles. The van der Waals surface area contributed by atoms with E-state index >= 15 is 0 Å². The molecule has 0 N–H and O–H groups in total. The molecule has 0 radical (unpaired) electrons. The van der Waals surface area contributed by atoms with Crippen molar-refractivity contribution >= 4 is 17.1 Å². The van der Waals surface area contributed by atoms with Crippen molar-refractivity contribution < 1.29 is 9.53 Å². The van der Waals surface area contributed by atoms with Gasteiger partial charge in [-0.1, -0.05) is 20.8 Å². The van der Waals surface area contributed by atoms with Gasteiger partial charge in [-0.25, -0.2) is 4.98 Å². The molecule has 1 unspecified atom stereocenters. The molecule has 0 bridgehead atoms. The molecule has 1 aromatic heterocycles. The second kappa shape index (κ2) is 4.50. The third-order valence-corrected chi connectivity index (χ3v) is 4.19. The van der Waals surface area contributed by atoms with Crippen LogP contribution < -0.4 is 0 Å². The zero-order chi connectivity index (χ0) is 12.6. The number of methoxy groups -OCH3 is 1. The second-order valence-corrected chi connectivity index (χ2v) is 6.70. The number of nitrogens with zero attached hydrogens (tertiary/aromatic N) is 1. The third kappa shape index (κ3) is 2.43. The quantitative estimate of drug-likeness (QED) is 0.811. The van der Waals surface area contributed by atoms with E-state index in [0.717, 1.165) is 22.7 Å². The van der Waals surface area contributed by atoms with Gasteiger partial charge in [0.15, 0.2) is 5.78 Å². The number of Topliss-reactive ketones (excluding diaryl/α,β-unsaturated/α-hetero) is 1.